The van der Waals surface area contributed by atoms with E-state index in [1.54, 1.807) is 0 Å². The largest absolute Gasteiger partial charge is 0.302 e. The van der Waals surface area contributed by atoms with E-state index in [-0.39, 0.29) is 0 Å². The minimum atomic E-state index is 0.492. The maximum atomic E-state index is 3.54. The lowest BCUT2D eigenvalue weighted by Gasteiger charge is -2.22. The molecule has 0 aromatic carbocycles. The van der Waals surface area contributed by atoms with E-state index in [1.807, 2.05) is 0 Å². The Labute approximate surface area is 116 Å². The van der Waals surface area contributed by atoms with Gasteiger partial charge in [0.2, 0.25) is 0 Å². The van der Waals surface area contributed by atoms with Crippen LogP contribution in [0, 0.1) is 5.92 Å². The molecule has 16 heavy (non-hydrogen) atoms. The van der Waals surface area contributed by atoms with E-state index in [1.165, 1.54) is 36.5 Å². The summed E-state index contributed by atoms with van der Waals surface area (Å²) in [4.78, 5) is 2.21. The Morgan fingerprint density at radius 2 is 1.75 bits per heavy atom. The van der Waals surface area contributed by atoms with Gasteiger partial charge in [-0.15, -0.1) is 0 Å². The van der Waals surface area contributed by atoms with E-state index >= 15 is 0 Å². The van der Waals surface area contributed by atoms with Gasteiger partial charge in [-0.3, -0.25) is 4.90 Å². The number of hydrogen-bond acceptors (Lipinski definition) is 2. The van der Waals surface area contributed by atoms with Crippen molar-refractivity contribution < 1.29 is 0 Å². The van der Waals surface area contributed by atoms with E-state index in [0.29, 0.717) is 6.17 Å². The average Bonchev–Trinajstić information content (AvgIpc) is 2.24. The molecule has 0 aliphatic rings. The number of hydrogen-bond donors (Lipinski definition) is 1. The van der Waals surface area contributed by atoms with Crippen LogP contribution in [-0.2, 0) is 0 Å². The monoisotopic (exact) mass is 340 g/mol. The number of nitrogens with one attached hydrogen (secondary N) is 1. The lowest BCUT2D eigenvalue weighted by Crippen LogP contribution is -2.39. The first-order chi connectivity index (χ1) is 7.57. The first-order valence-electron chi connectivity index (χ1n) is 6.53. The normalized spacial score (nSPS) is 15.4. The molecule has 2 nitrogen and oxygen atoms in total. The summed E-state index contributed by atoms with van der Waals surface area (Å²) >= 11 is 2.47. The molecule has 2 unspecified atom stereocenters. The van der Waals surface area contributed by atoms with Crippen molar-refractivity contribution in [2.75, 3.05) is 25.1 Å². The third-order valence-corrected chi connectivity index (χ3v) is 3.94. The summed E-state index contributed by atoms with van der Waals surface area (Å²) in [7, 11) is 4.23. The summed E-state index contributed by atoms with van der Waals surface area (Å²) in [6.45, 7) is 5.74. The smallest absolute Gasteiger partial charge is 0.0562 e. The van der Waals surface area contributed by atoms with Gasteiger partial charge in [-0.25, -0.2) is 0 Å². The molecule has 0 bridgehead atoms. The SMILES string of the molecule is CC(CCCCCI)CCNC(C)N(C)C. The zero-order valence-electron chi connectivity index (χ0n) is 11.4. The summed E-state index contributed by atoms with van der Waals surface area (Å²) in [5, 5.41) is 3.54. The molecule has 0 aliphatic carbocycles. The maximum absolute atomic E-state index is 3.54. The van der Waals surface area contributed by atoms with Crippen LogP contribution in [0.4, 0.5) is 0 Å². The van der Waals surface area contributed by atoms with Crippen LogP contribution in [0.1, 0.15) is 46.0 Å². The average molecular weight is 340 g/mol. The van der Waals surface area contributed by atoms with Gasteiger partial charge in [0, 0.05) is 0 Å². The van der Waals surface area contributed by atoms with Crippen LogP contribution in [0.15, 0.2) is 0 Å². The van der Waals surface area contributed by atoms with Crippen molar-refractivity contribution in [3.05, 3.63) is 0 Å². The molecule has 98 valence electrons. The van der Waals surface area contributed by atoms with Crippen LogP contribution in [0.2, 0.25) is 0 Å². The number of unbranched alkanes of at least 4 members (excludes halogenated alkanes) is 2. The molecule has 0 aromatic heterocycles. The molecule has 3 heteroatoms. The third-order valence-electron chi connectivity index (χ3n) is 3.18. The number of nitrogens with zero attached hydrogens (tertiary/aromatic N) is 1. The zero-order chi connectivity index (χ0) is 12.4. The van der Waals surface area contributed by atoms with Crippen molar-refractivity contribution in [3.8, 4) is 0 Å². The van der Waals surface area contributed by atoms with Crippen molar-refractivity contribution in [2.45, 2.75) is 52.1 Å². The highest BCUT2D eigenvalue weighted by molar-refractivity contribution is 14.1. The van der Waals surface area contributed by atoms with Crippen molar-refractivity contribution in [2.24, 2.45) is 5.92 Å². The highest BCUT2D eigenvalue weighted by atomic mass is 127. The van der Waals surface area contributed by atoms with E-state index in [2.05, 4.69) is 60.8 Å². The molecule has 0 saturated heterocycles. The number of rotatable bonds is 10. The van der Waals surface area contributed by atoms with E-state index < -0.39 is 0 Å². The van der Waals surface area contributed by atoms with E-state index in [4.69, 9.17) is 0 Å². The molecule has 1 N–H and O–H groups in total. The summed E-state index contributed by atoms with van der Waals surface area (Å²) in [5.41, 5.74) is 0. The Hall–Kier alpha value is 0.650. The van der Waals surface area contributed by atoms with Gasteiger partial charge < -0.3 is 5.32 Å². The fourth-order valence-electron chi connectivity index (χ4n) is 1.63. The highest BCUT2D eigenvalue weighted by Gasteiger charge is 2.05. The molecule has 0 aromatic rings. The molecule has 0 aliphatic heterocycles. The van der Waals surface area contributed by atoms with Crippen LogP contribution < -0.4 is 5.32 Å². The summed E-state index contributed by atoms with van der Waals surface area (Å²) in [6.07, 6.45) is 7.41. The lowest BCUT2D eigenvalue weighted by atomic mass is 10.00. The topological polar surface area (TPSA) is 15.3 Å². The summed E-state index contributed by atoms with van der Waals surface area (Å²) in [5.74, 6) is 0.871. The molecule has 0 spiro atoms. The van der Waals surface area contributed by atoms with Crippen molar-refractivity contribution >= 4 is 22.6 Å². The minimum Gasteiger partial charge on any atom is -0.302 e. The number of halogens is 1. The van der Waals surface area contributed by atoms with E-state index in [9.17, 15) is 0 Å². The van der Waals surface area contributed by atoms with Gasteiger partial charge in [0.25, 0.3) is 0 Å². The van der Waals surface area contributed by atoms with Crippen molar-refractivity contribution in [3.63, 3.8) is 0 Å². The standard InChI is InChI=1S/C13H29IN2/c1-12(8-6-5-7-10-14)9-11-15-13(2)16(3)4/h12-13,15H,5-11H2,1-4H3. The molecule has 0 heterocycles. The Bertz CT molecular complexity index is 151. The summed E-state index contributed by atoms with van der Waals surface area (Å²) in [6, 6.07) is 0. The predicted octanol–water partition coefficient (Wildman–Crippen LogP) is 3.51. The summed E-state index contributed by atoms with van der Waals surface area (Å²) < 4.78 is 1.31. The van der Waals surface area contributed by atoms with Gasteiger partial charge in [-0.2, -0.15) is 0 Å². The molecule has 0 saturated carbocycles. The van der Waals surface area contributed by atoms with Gasteiger partial charge in [-0.05, 0) is 50.8 Å². The van der Waals surface area contributed by atoms with Crippen molar-refractivity contribution in [1.29, 1.82) is 0 Å². The third kappa shape index (κ3) is 9.85. The van der Waals surface area contributed by atoms with Gasteiger partial charge in [0.05, 0.1) is 6.17 Å². The van der Waals surface area contributed by atoms with Crippen LogP contribution in [0.5, 0.6) is 0 Å². The first-order valence-corrected chi connectivity index (χ1v) is 8.06. The molecule has 0 radical (unpaired) electrons. The maximum Gasteiger partial charge on any atom is 0.0562 e. The Morgan fingerprint density at radius 1 is 1.06 bits per heavy atom. The second-order valence-corrected chi connectivity index (χ2v) is 6.10. The molecule has 2 atom stereocenters. The fourth-order valence-corrected chi connectivity index (χ4v) is 2.17. The van der Waals surface area contributed by atoms with Gasteiger partial charge in [0.15, 0.2) is 0 Å². The second-order valence-electron chi connectivity index (χ2n) is 5.03. The van der Waals surface area contributed by atoms with Crippen LogP contribution in [-0.4, -0.2) is 36.1 Å². The van der Waals surface area contributed by atoms with Gasteiger partial charge in [-0.1, -0.05) is 48.8 Å². The molecule has 0 fully saturated rings. The van der Waals surface area contributed by atoms with Gasteiger partial charge >= 0.3 is 0 Å². The van der Waals surface area contributed by atoms with Crippen LogP contribution in [0.25, 0.3) is 0 Å². The zero-order valence-corrected chi connectivity index (χ0v) is 13.6. The van der Waals surface area contributed by atoms with Gasteiger partial charge in [0.1, 0.15) is 0 Å². The van der Waals surface area contributed by atoms with Crippen LogP contribution >= 0.6 is 22.6 Å². The minimum absolute atomic E-state index is 0.492. The predicted molar refractivity (Wildman–Crippen MR) is 82.3 cm³/mol. The fraction of sp³-hybridized carbons (Fsp3) is 1.00. The lowest BCUT2D eigenvalue weighted by molar-refractivity contribution is 0.259. The Morgan fingerprint density at radius 3 is 2.31 bits per heavy atom. The van der Waals surface area contributed by atoms with E-state index in [0.717, 1.165) is 12.5 Å². The quantitative estimate of drug-likeness (QED) is 0.283. The molecular weight excluding hydrogens is 311 g/mol. The molecule has 0 rings (SSSR count). The first kappa shape index (κ1) is 16.6. The highest BCUT2D eigenvalue weighted by Crippen LogP contribution is 2.12. The number of alkyl halides is 1. The Kier molecular flexibility index (Phi) is 11.2. The Balaban J connectivity index is 3.33. The van der Waals surface area contributed by atoms with Crippen LogP contribution in [0.3, 0.4) is 0 Å². The molecule has 0 amide bonds. The molecular formula is C13H29IN2. The van der Waals surface area contributed by atoms with Crippen molar-refractivity contribution in [1.82, 2.24) is 10.2 Å². The second kappa shape index (κ2) is 10.8.